The van der Waals surface area contributed by atoms with Crippen molar-refractivity contribution in [1.29, 1.82) is 0 Å². The minimum absolute atomic E-state index is 0.341. The highest BCUT2D eigenvalue weighted by Gasteiger charge is 2.31. The summed E-state index contributed by atoms with van der Waals surface area (Å²) in [7, 11) is 0. The van der Waals surface area contributed by atoms with Gasteiger partial charge in [0.15, 0.2) is 0 Å². The summed E-state index contributed by atoms with van der Waals surface area (Å²) in [4.78, 5) is 6.60. The molecule has 0 spiro atoms. The molecule has 2 rings (SSSR count). The molecule has 0 radical (unpaired) electrons. The third-order valence-corrected chi connectivity index (χ3v) is 4.26. The van der Waals surface area contributed by atoms with E-state index in [1.165, 1.54) is 5.56 Å². The highest BCUT2D eigenvalue weighted by atomic mass is 79.9. The van der Waals surface area contributed by atoms with Crippen LogP contribution in [0.5, 0.6) is 0 Å². The van der Waals surface area contributed by atoms with Crippen LogP contribution in [0.15, 0.2) is 16.7 Å². The molecular weight excluding hydrogens is 282 g/mol. The van der Waals surface area contributed by atoms with Crippen molar-refractivity contribution in [2.24, 2.45) is 5.73 Å². The molecule has 1 saturated heterocycles. The Morgan fingerprint density at radius 2 is 2.18 bits per heavy atom. The first kappa shape index (κ1) is 12.8. The number of anilines is 1. The number of aromatic nitrogens is 1. The lowest BCUT2D eigenvalue weighted by Crippen LogP contribution is -2.48. The second-order valence-corrected chi connectivity index (χ2v) is 5.56. The lowest BCUT2D eigenvalue weighted by molar-refractivity contribution is 0.0249. The normalized spacial score (nSPS) is 19.4. The van der Waals surface area contributed by atoms with Gasteiger partial charge in [0.2, 0.25) is 0 Å². The third-order valence-electron chi connectivity index (χ3n) is 3.43. The average Bonchev–Trinajstić information content (AvgIpc) is 2.34. The van der Waals surface area contributed by atoms with Crippen molar-refractivity contribution in [3.8, 4) is 0 Å². The molecule has 0 atom stereocenters. The van der Waals surface area contributed by atoms with Crippen LogP contribution in [0.25, 0.3) is 0 Å². The van der Waals surface area contributed by atoms with Gasteiger partial charge in [-0.25, -0.2) is 4.98 Å². The molecule has 1 aromatic heterocycles. The Kier molecular flexibility index (Phi) is 3.70. The maximum absolute atomic E-state index is 10.1. The summed E-state index contributed by atoms with van der Waals surface area (Å²) in [5, 5.41) is 10.1. The van der Waals surface area contributed by atoms with E-state index in [1.807, 2.05) is 6.20 Å². The molecule has 1 aliphatic heterocycles. The minimum atomic E-state index is -0.680. The van der Waals surface area contributed by atoms with E-state index in [9.17, 15) is 5.11 Å². The SMILES string of the molecule is Cc1cc(N2CCC(O)(CN)CC2)ncc1Br. The molecule has 4 nitrogen and oxygen atoms in total. The number of piperidine rings is 1. The van der Waals surface area contributed by atoms with Crippen LogP contribution in [0.1, 0.15) is 18.4 Å². The molecule has 1 aromatic rings. The molecule has 0 saturated carbocycles. The van der Waals surface area contributed by atoms with Gasteiger partial charge in [-0.2, -0.15) is 0 Å². The van der Waals surface area contributed by atoms with Crippen molar-refractivity contribution in [3.63, 3.8) is 0 Å². The van der Waals surface area contributed by atoms with Crippen LogP contribution in [0.2, 0.25) is 0 Å². The largest absolute Gasteiger partial charge is 0.388 e. The van der Waals surface area contributed by atoms with E-state index in [1.54, 1.807) is 0 Å². The molecule has 3 N–H and O–H groups in total. The summed E-state index contributed by atoms with van der Waals surface area (Å²) in [6.45, 7) is 4.01. The summed E-state index contributed by atoms with van der Waals surface area (Å²) < 4.78 is 1.02. The number of hydrogen-bond acceptors (Lipinski definition) is 4. The van der Waals surface area contributed by atoms with Crippen molar-refractivity contribution in [1.82, 2.24) is 4.98 Å². The highest BCUT2D eigenvalue weighted by Crippen LogP contribution is 2.26. The smallest absolute Gasteiger partial charge is 0.128 e. The molecule has 17 heavy (non-hydrogen) atoms. The average molecular weight is 300 g/mol. The lowest BCUT2D eigenvalue weighted by atomic mass is 9.91. The highest BCUT2D eigenvalue weighted by molar-refractivity contribution is 9.10. The fraction of sp³-hybridized carbons (Fsp3) is 0.583. The summed E-state index contributed by atoms with van der Waals surface area (Å²) in [5.41, 5.74) is 6.07. The first-order chi connectivity index (χ1) is 8.04. The number of rotatable bonds is 2. The van der Waals surface area contributed by atoms with Gasteiger partial charge < -0.3 is 15.7 Å². The number of aryl methyl sites for hydroxylation is 1. The molecule has 0 bridgehead atoms. The van der Waals surface area contributed by atoms with Crippen LogP contribution in [0.4, 0.5) is 5.82 Å². The molecule has 0 aliphatic carbocycles. The van der Waals surface area contributed by atoms with Crippen LogP contribution in [0, 0.1) is 6.92 Å². The Balaban J connectivity index is 2.08. The summed E-state index contributed by atoms with van der Waals surface area (Å²) in [6, 6.07) is 2.07. The van der Waals surface area contributed by atoms with Crippen molar-refractivity contribution in [2.45, 2.75) is 25.4 Å². The Bertz CT molecular complexity index is 403. The van der Waals surface area contributed by atoms with Gasteiger partial charge >= 0.3 is 0 Å². The number of aliphatic hydroxyl groups is 1. The monoisotopic (exact) mass is 299 g/mol. The van der Waals surface area contributed by atoms with Gasteiger partial charge in [0.05, 0.1) is 5.60 Å². The quantitative estimate of drug-likeness (QED) is 0.867. The number of pyridine rings is 1. The maximum atomic E-state index is 10.1. The fourth-order valence-corrected chi connectivity index (χ4v) is 2.27. The van der Waals surface area contributed by atoms with Gasteiger partial charge in [0, 0.05) is 30.3 Å². The molecule has 0 unspecified atom stereocenters. The second-order valence-electron chi connectivity index (χ2n) is 4.71. The van der Waals surface area contributed by atoms with Crippen molar-refractivity contribution in [3.05, 3.63) is 22.3 Å². The zero-order valence-corrected chi connectivity index (χ0v) is 11.6. The van der Waals surface area contributed by atoms with E-state index < -0.39 is 5.60 Å². The van der Waals surface area contributed by atoms with Crippen molar-refractivity contribution >= 4 is 21.7 Å². The number of nitrogens with zero attached hydrogens (tertiary/aromatic N) is 2. The number of halogens is 1. The van der Waals surface area contributed by atoms with E-state index in [2.05, 4.69) is 38.8 Å². The predicted molar refractivity (Wildman–Crippen MR) is 72.1 cm³/mol. The third kappa shape index (κ3) is 2.78. The molecular formula is C12H18BrN3O. The Hall–Kier alpha value is -0.650. The molecule has 0 amide bonds. The number of nitrogens with two attached hydrogens (primary N) is 1. The van der Waals surface area contributed by atoms with Crippen LogP contribution in [-0.2, 0) is 0 Å². The van der Waals surface area contributed by atoms with Crippen molar-refractivity contribution in [2.75, 3.05) is 24.5 Å². The summed E-state index contributed by atoms with van der Waals surface area (Å²) in [5.74, 6) is 0.977. The van der Waals surface area contributed by atoms with Crippen LogP contribution in [0.3, 0.4) is 0 Å². The van der Waals surface area contributed by atoms with Crippen LogP contribution >= 0.6 is 15.9 Å². The Labute approximate surface area is 110 Å². The lowest BCUT2D eigenvalue weighted by Gasteiger charge is -2.38. The van der Waals surface area contributed by atoms with Gasteiger partial charge in [-0.3, -0.25) is 0 Å². The molecule has 2 heterocycles. The standard InChI is InChI=1S/C12H18BrN3O/c1-9-6-11(15-7-10(9)13)16-4-2-12(17,8-14)3-5-16/h6-7,17H,2-5,8,14H2,1H3. The predicted octanol–water partition coefficient (Wildman–Crippen LogP) is 1.44. The van der Waals surface area contributed by atoms with Gasteiger partial charge in [-0.15, -0.1) is 0 Å². The number of hydrogen-bond donors (Lipinski definition) is 2. The second kappa shape index (κ2) is 4.92. The van der Waals surface area contributed by atoms with Crippen LogP contribution < -0.4 is 10.6 Å². The first-order valence-corrected chi connectivity index (χ1v) is 6.63. The van der Waals surface area contributed by atoms with E-state index in [0.29, 0.717) is 19.4 Å². The Morgan fingerprint density at radius 3 is 2.71 bits per heavy atom. The maximum Gasteiger partial charge on any atom is 0.128 e. The fourth-order valence-electron chi connectivity index (χ4n) is 2.05. The zero-order chi connectivity index (χ0) is 12.5. The molecule has 1 fully saturated rings. The van der Waals surface area contributed by atoms with Crippen molar-refractivity contribution < 1.29 is 5.11 Å². The zero-order valence-electron chi connectivity index (χ0n) is 9.99. The van der Waals surface area contributed by atoms with Gasteiger partial charge in [0.1, 0.15) is 5.82 Å². The molecule has 1 aliphatic rings. The summed E-state index contributed by atoms with van der Waals surface area (Å²) >= 11 is 3.45. The summed E-state index contributed by atoms with van der Waals surface area (Å²) in [6.07, 6.45) is 3.25. The minimum Gasteiger partial charge on any atom is -0.388 e. The Morgan fingerprint density at radius 1 is 1.53 bits per heavy atom. The van der Waals surface area contributed by atoms with E-state index in [-0.39, 0.29) is 0 Å². The van der Waals surface area contributed by atoms with Gasteiger partial charge in [0.25, 0.3) is 0 Å². The van der Waals surface area contributed by atoms with Gasteiger partial charge in [-0.1, -0.05) is 0 Å². The van der Waals surface area contributed by atoms with E-state index in [0.717, 1.165) is 23.4 Å². The molecule has 94 valence electrons. The van der Waals surface area contributed by atoms with Gasteiger partial charge in [-0.05, 0) is 47.3 Å². The van der Waals surface area contributed by atoms with E-state index >= 15 is 0 Å². The topological polar surface area (TPSA) is 62.4 Å². The molecule has 5 heteroatoms. The first-order valence-electron chi connectivity index (χ1n) is 5.84. The van der Waals surface area contributed by atoms with Crippen LogP contribution in [-0.4, -0.2) is 35.3 Å². The molecule has 0 aromatic carbocycles. The van der Waals surface area contributed by atoms with E-state index in [4.69, 9.17) is 5.73 Å².